The standard InChI is InChI=1S/C25H24BrN5OS/c1-3-17(2)18-4-8-21(9-5-18)28-23(32)16-33-25-30-29-24(19-12-14-27-15-13-19)31(25)22-10-6-20(26)7-11-22/h4-15,17H,3,16H2,1-2H3,(H,28,32)/t17-/m1/s1. The van der Waals surface area contributed by atoms with Gasteiger partial charge in [0.05, 0.1) is 5.75 Å². The lowest BCUT2D eigenvalue weighted by molar-refractivity contribution is -0.113. The molecular formula is C25H24BrN5OS. The minimum Gasteiger partial charge on any atom is -0.325 e. The van der Waals surface area contributed by atoms with Gasteiger partial charge in [0.25, 0.3) is 0 Å². The maximum atomic E-state index is 12.6. The van der Waals surface area contributed by atoms with Gasteiger partial charge in [-0.05, 0) is 66.4 Å². The molecule has 6 nitrogen and oxygen atoms in total. The molecule has 4 rings (SSSR count). The molecule has 33 heavy (non-hydrogen) atoms. The predicted octanol–water partition coefficient (Wildman–Crippen LogP) is 6.34. The molecule has 2 aromatic heterocycles. The number of nitrogens with one attached hydrogen (secondary N) is 1. The lowest BCUT2D eigenvalue weighted by Gasteiger charge is -2.11. The van der Waals surface area contributed by atoms with Crippen LogP contribution in [0.15, 0.2) is 82.7 Å². The first-order valence-corrected chi connectivity index (χ1v) is 12.5. The van der Waals surface area contributed by atoms with E-state index < -0.39 is 0 Å². The number of aromatic nitrogens is 4. The zero-order valence-corrected chi connectivity index (χ0v) is 20.8. The quantitative estimate of drug-likeness (QED) is 0.274. The predicted molar refractivity (Wildman–Crippen MR) is 137 cm³/mol. The van der Waals surface area contributed by atoms with Gasteiger partial charge in [0.15, 0.2) is 11.0 Å². The molecule has 2 aromatic carbocycles. The van der Waals surface area contributed by atoms with Crippen molar-refractivity contribution in [3.63, 3.8) is 0 Å². The van der Waals surface area contributed by atoms with E-state index in [-0.39, 0.29) is 11.7 Å². The van der Waals surface area contributed by atoms with E-state index in [2.05, 4.69) is 62.4 Å². The van der Waals surface area contributed by atoms with Crippen LogP contribution in [0.3, 0.4) is 0 Å². The smallest absolute Gasteiger partial charge is 0.234 e. The highest BCUT2D eigenvalue weighted by atomic mass is 79.9. The summed E-state index contributed by atoms with van der Waals surface area (Å²) in [5.74, 6) is 1.33. The Hall–Kier alpha value is -2.97. The molecule has 0 aliphatic heterocycles. The second-order valence-corrected chi connectivity index (χ2v) is 9.48. The zero-order valence-electron chi connectivity index (χ0n) is 18.4. The number of carbonyl (C=O) groups is 1. The maximum Gasteiger partial charge on any atom is 0.234 e. The minimum atomic E-state index is -0.0906. The lowest BCUT2D eigenvalue weighted by atomic mass is 9.99. The molecule has 8 heteroatoms. The van der Waals surface area contributed by atoms with E-state index in [1.54, 1.807) is 12.4 Å². The molecule has 4 aromatic rings. The number of halogens is 1. The van der Waals surface area contributed by atoms with Crippen molar-refractivity contribution in [3.05, 3.63) is 83.1 Å². The summed E-state index contributed by atoms with van der Waals surface area (Å²) in [6.45, 7) is 4.37. The summed E-state index contributed by atoms with van der Waals surface area (Å²) in [5.41, 5.74) is 3.88. The molecule has 0 aliphatic carbocycles. The average molecular weight is 522 g/mol. The van der Waals surface area contributed by atoms with Crippen molar-refractivity contribution < 1.29 is 4.79 Å². The van der Waals surface area contributed by atoms with E-state index in [1.165, 1.54) is 17.3 Å². The summed E-state index contributed by atoms with van der Waals surface area (Å²) >= 11 is 4.83. The number of anilines is 1. The topological polar surface area (TPSA) is 72.7 Å². The van der Waals surface area contributed by atoms with Gasteiger partial charge in [-0.15, -0.1) is 10.2 Å². The summed E-state index contributed by atoms with van der Waals surface area (Å²) in [4.78, 5) is 16.7. The summed E-state index contributed by atoms with van der Waals surface area (Å²) < 4.78 is 2.94. The van der Waals surface area contributed by atoms with Crippen molar-refractivity contribution in [2.24, 2.45) is 0 Å². The third kappa shape index (κ3) is 5.69. The highest BCUT2D eigenvalue weighted by Crippen LogP contribution is 2.28. The molecule has 0 spiro atoms. The highest BCUT2D eigenvalue weighted by Gasteiger charge is 2.17. The van der Waals surface area contributed by atoms with E-state index in [4.69, 9.17) is 0 Å². The number of thioether (sulfide) groups is 1. The molecule has 0 fully saturated rings. The van der Waals surface area contributed by atoms with Crippen LogP contribution in [-0.4, -0.2) is 31.4 Å². The number of pyridine rings is 1. The van der Waals surface area contributed by atoms with Crippen LogP contribution < -0.4 is 5.32 Å². The molecule has 0 bridgehead atoms. The van der Waals surface area contributed by atoms with Crippen LogP contribution in [0.5, 0.6) is 0 Å². The number of hydrogen-bond donors (Lipinski definition) is 1. The summed E-state index contributed by atoms with van der Waals surface area (Å²) in [5, 5.41) is 12.4. The number of hydrogen-bond acceptors (Lipinski definition) is 5. The van der Waals surface area contributed by atoms with Gasteiger partial charge in [-0.3, -0.25) is 14.3 Å². The Bertz CT molecular complexity index is 1210. The van der Waals surface area contributed by atoms with Crippen LogP contribution in [-0.2, 0) is 4.79 Å². The van der Waals surface area contributed by atoms with Crippen LogP contribution in [0.4, 0.5) is 5.69 Å². The molecule has 0 saturated carbocycles. The van der Waals surface area contributed by atoms with E-state index in [9.17, 15) is 4.79 Å². The Morgan fingerprint density at radius 1 is 1.03 bits per heavy atom. The van der Waals surface area contributed by atoms with E-state index in [1.807, 2.05) is 53.1 Å². The molecule has 2 heterocycles. The average Bonchev–Trinajstić information content (AvgIpc) is 3.28. The number of benzene rings is 2. The lowest BCUT2D eigenvalue weighted by Crippen LogP contribution is -2.14. The van der Waals surface area contributed by atoms with Gasteiger partial charge in [-0.2, -0.15) is 0 Å². The van der Waals surface area contributed by atoms with Crippen molar-refractivity contribution in [3.8, 4) is 17.1 Å². The molecular weight excluding hydrogens is 498 g/mol. The SMILES string of the molecule is CC[C@@H](C)c1ccc(NC(=O)CSc2nnc(-c3ccncc3)n2-c2ccc(Br)cc2)cc1. The number of nitrogens with zero attached hydrogens (tertiary/aromatic N) is 4. The van der Waals surface area contributed by atoms with Crippen molar-refractivity contribution in [2.75, 3.05) is 11.1 Å². The molecule has 168 valence electrons. The van der Waals surface area contributed by atoms with Crippen molar-refractivity contribution >= 4 is 39.3 Å². The van der Waals surface area contributed by atoms with Gasteiger partial charge in [-0.1, -0.05) is 53.7 Å². The second kappa shape index (κ2) is 10.8. The largest absolute Gasteiger partial charge is 0.325 e. The number of amides is 1. The van der Waals surface area contributed by atoms with E-state index in [0.29, 0.717) is 16.9 Å². The van der Waals surface area contributed by atoms with Gasteiger partial charge < -0.3 is 5.32 Å². The first-order chi connectivity index (χ1) is 16.0. The van der Waals surface area contributed by atoms with Gasteiger partial charge in [0.1, 0.15) is 0 Å². The fourth-order valence-electron chi connectivity index (χ4n) is 3.33. The minimum absolute atomic E-state index is 0.0906. The first-order valence-electron chi connectivity index (χ1n) is 10.7. The summed E-state index contributed by atoms with van der Waals surface area (Å²) in [6.07, 6.45) is 4.54. The Kier molecular flexibility index (Phi) is 7.57. The van der Waals surface area contributed by atoms with Crippen molar-refractivity contribution in [1.82, 2.24) is 19.7 Å². The number of carbonyl (C=O) groups excluding carboxylic acids is 1. The van der Waals surface area contributed by atoms with Gasteiger partial charge >= 0.3 is 0 Å². The van der Waals surface area contributed by atoms with Crippen LogP contribution in [0.25, 0.3) is 17.1 Å². The van der Waals surface area contributed by atoms with Crippen LogP contribution in [0.1, 0.15) is 31.7 Å². The van der Waals surface area contributed by atoms with Gasteiger partial charge in [0.2, 0.25) is 5.91 Å². The second-order valence-electron chi connectivity index (χ2n) is 7.62. The molecule has 0 radical (unpaired) electrons. The Balaban J connectivity index is 1.51. The van der Waals surface area contributed by atoms with Crippen molar-refractivity contribution in [2.45, 2.75) is 31.3 Å². The van der Waals surface area contributed by atoms with Crippen LogP contribution >= 0.6 is 27.7 Å². The van der Waals surface area contributed by atoms with Gasteiger partial charge in [-0.25, -0.2) is 0 Å². The van der Waals surface area contributed by atoms with Crippen molar-refractivity contribution in [1.29, 1.82) is 0 Å². The van der Waals surface area contributed by atoms with Crippen LogP contribution in [0.2, 0.25) is 0 Å². The molecule has 0 aliphatic rings. The zero-order chi connectivity index (χ0) is 23.2. The Morgan fingerprint density at radius 2 is 1.73 bits per heavy atom. The normalized spacial score (nSPS) is 11.8. The first kappa shape index (κ1) is 23.2. The van der Waals surface area contributed by atoms with Crippen LogP contribution in [0, 0.1) is 0 Å². The molecule has 0 unspecified atom stereocenters. The monoisotopic (exact) mass is 521 g/mol. The molecule has 1 amide bonds. The Labute approximate surface area is 206 Å². The summed E-state index contributed by atoms with van der Waals surface area (Å²) in [6, 6.07) is 19.7. The molecule has 1 atom stereocenters. The third-order valence-corrected chi connectivity index (χ3v) is 6.82. The van der Waals surface area contributed by atoms with E-state index in [0.717, 1.165) is 27.8 Å². The maximum absolute atomic E-state index is 12.6. The third-order valence-electron chi connectivity index (χ3n) is 5.36. The summed E-state index contributed by atoms with van der Waals surface area (Å²) in [7, 11) is 0. The highest BCUT2D eigenvalue weighted by molar-refractivity contribution is 9.10. The molecule has 1 N–H and O–H groups in total. The Morgan fingerprint density at radius 3 is 2.39 bits per heavy atom. The molecule has 0 saturated heterocycles. The fraction of sp³-hybridized carbons (Fsp3) is 0.200. The number of rotatable bonds is 8. The van der Waals surface area contributed by atoms with Gasteiger partial charge in [0, 0.05) is 33.8 Å². The fourth-order valence-corrected chi connectivity index (χ4v) is 4.35. The van der Waals surface area contributed by atoms with E-state index >= 15 is 0 Å².